The molecule has 0 saturated carbocycles. The van der Waals surface area contributed by atoms with Crippen LogP contribution in [0.15, 0.2) is 41.5 Å². The molecule has 0 aliphatic carbocycles. The second kappa shape index (κ2) is 6.21. The Morgan fingerprint density at radius 1 is 1.33 bits per heavy atom. The fourth-order valence-corrected chi connectivity index (χ4v) is 5.63. The van der Waals surface area contributed by atoms with Gasteiger partial charge in [0.15, 0.2) is 5.17 Å². The van der Waals surface area contributed by atoms with E-state index in [-0.39, 0.29) is 18.1 Å². The number of halogens is 1. The summed E-state index contributed by atoms with van der Waals surface area (Å²) in [5, 5.41) is 0.581. The summed E-state index contributed by atoms with van der Waals surface area (Å²) in [7, 11) is 0. The molecule has 1 aromatic carbocycles. The number of aliphatic imine (C=N–C) groups is 1. The van der Waals surface area contributed by atoms with E-state index in [9.17, 15) is 4.39 Å². The second-order valence-electron chi connectivity index (χ2n) is 7.26. The minimum Gasteiger partial charge on any atom is -0.489 e. The Morgan fingerprint density at radius 3 is 3.00 bits per heavy atom. The van der Waals surface area contributed by atoms with Crippen molar-refractivity contribution in [2.24, 2.45) is 16.6 Å². The van der Waals surface area contributed by atoms with Gasteiger partial charge in [-0.2, -0.15) is 4.39 Å². The quantitative estimate of drug-likeness (QED) is 0.763. The molecule has 0 radical (unpaired) electrons. The van der Waals surface area contributed by atoms with Gasteiger partial charge in [-0.25, -0.2) is 9.98 Å². The van der Waals surface area contributed by atoms with Gasteiger partial charge >= 0.3 is 0 Å². The summed E-state index contributed by atoms with van der Waals surface area (Å²) in [6.07, 6.45) is 2.32. The van der Waals surface area contributed by atoms with Crippen molar-refractivity contribution in [3.8, 4) is 16.9 Å². The van der Waals surface area contributed by atoms with E-state index < -0.39 is 11.5 Å². The predicted molar refractivity (Wildman–Crippen MR) is 103 cm³/mol. The van der Waals surface area contributed by atoms with Crippen molar-refractivity contribution < 1.29 is 13.9 Å². The number of nitrogens with zero attached hydrogens (tertiary/aromatic N) is 2. The lowest BCUT2D eigenvalue weighted by molar-refractivity contribution is -0.108. The maximum absolute atomic E-state index is 14.3. The smallest absolute Gasteiger partial charge is 0.220 e. The van der Waals surface area contributed by atoms with E-state index in [1.54, 1.807) is 23.9 Å². The summed E-state index contributed by atoms with van der Waals surface area (Å²) in [5.41, 5.74) is 7.77. The number of aromatic nitrogens is 1. The van der Waals surface area contributed by atoms with Crippen molar-refractivity contribution in [1.82, 2.24) is 4.98 Å². The number of nitrogens with two attached hydrogens (primary N) is 1. The predicted octanol–water partition coefficient (Wildman–Crippen LogP) is 3.33. The Morgan fingerprint density at radius 2 is 2.22 bits per heavy atom. The lowest BCUT2D eigenvalue weighted by atomic mass is 9.70. The van der Waals surface area contributed by atoms with Gasteiger partial charge in [0.1, 0.15) is 17.4 Å². The molecular weight excluding hydrogens is 365 g/mol. The molecule has 7 heteroatoms. The van der Waals surface area contributed by atoms with E-state index >= 15 is 0 Å². The number of ether oxygens (including phenoxy) is 2. The number of hydrogen-bond acceptors (Lipinski definition) is 6. The van der Waals surface area contributed by atoms with Crippen LogP contribution in [0, 0.1) is 11.9 Å². The third-order valence-electron chi connectivity index (χ3n) is 5.79. The Hall–Kier alpha value is -2.12. The maximum atomic E-state index is 14.3. The van der Waals surface area contributed by atoms with Crippen LogP contribution in [0.2, 0.25) is 0 Å². The maximum Gasteiger partial charge on any atom is 0.220 e. The highest BCUT2D eigenvalue weighted by molar-refractivity contribution is 8.14. The molecule has 1 aromatic heterocycles. The zero-order chi connectivity index (χ0) is 18.6. The SMILES string of the molecule is C[C@@H]1OCC[C@@H]2Oc3ccc(-c4cccnc4F)cc3[C@@]3(CSC(N)=N3)[C@@H]12. The van der Waals surface area contributed by atoms with E-state index in [4.69, 9.17) is 20.2 Å². The first-order valence-electron chi connectivity index (χ1n) is 9.10. The molecule has 3 aliphatic heterocycles. The van der Waals surface area contributed by atoms with Gasteiger partial charge in [-0.3, -0.25) is 0 Å². The molecule has 1 saturated heterocycles. The minimum absolute atomic E-state index is 0.00549. The molecule has 4 heterocycles. The average Bonchev–Trinajstić information content (AvgIpc) is 3.04. The van der Waals surface area contributed by atoms with Crippen molar-refractivity contribution in [2.75, 3.05) is 12.4 Å². The van der Waals surface area contributed by atoms with Crippen molar-refractivity contribution >= 4 is 16.9 Å². The number of pyridine rings is 1. The van der Waals surface area contributed by atoms with Crippen LogP contribution in [-0.2, 0) is 10.3 Å². The largest absolute Gasteiger partial charge is 0.489 e. The second-order valence-corrected chi connectivity index (χ2v) is 8.26. The summed E-state index contributed by atoms with van der Waals surface area (Å²) >= 11 is 1.56. The van der Waals surface area contributed by atoms with Crippen molar-refractivity contribution in [1.29, 1.82) is 0 Å². The summed E-state index contributed by atoms with van der Waals surface area (Å²) < 4.78 is 26.5. The third kappa shape index (κ3) is 2.56. The highest BCUT2D eigenvalue weighted by atomic mass is 32.2. The fraction of sp³-hybridized carbons (Fsp3) is 0.400. The molecule has 0 unspecified atom stereocenters. The van der Waals surface area contributed by atoms with Gasteiger partial charge in [-0.05, 0) is 36.8 Å². The molecule has 1 spiro atoms. The molecule has 27 heavy (non-hydrogen) atoms. The van der Waals surface area contributed by atoms with Gasteiger partial charge in [0.05, 0.1) is 18.6 Å². The van der Waals surface area contributed by atoms with Crippen molar-refractivity contribution in [2.45, 2.75) is 31.1 Å². The third-order valence-corrected chi connectivity index (χ3v) is 6.76. The molecule has 5 rings (SSSR count). The Kier molecular flexibility index (Phi) is 3.91. The van der Waals surface area contributed by atoms with Crippen LogP contribution < -0.4 is 10.5 Å². The van der Waals surface area contributed by atoms with Crippen molar-refractivity contribution in [3.05, 3.63) is 48.0 Å². The number of thioether (sulfide) groups is 1. The monoisotopic (exact) mass is 385 g/mol. The minimum atomic E-state index is -0.512. The molecule has 4 atom stereocenters. The Labute approximate surface area is 161 Å². The number of amidine groups is 1. The molecule has 3 aliphatic rings. The summed E-state index contributed by atoms with van der Waals surface area (Å²) in [4.78, 5) is 8.68. The first-order chi connectivity index (χ1) is 13.1. The number of benzene rings is 1. The molecule has 2 aromatic rings. The summed E-state index contributed by atoms with van der Waals surface area (Å²) in [6, 6.07) is 9.25. The van der Waals surface area contributed by atoms with Crippen LogP contribution in [0.4, 0.5) is 4.39 Å². The van der Waals surface area contributed by atoms with E-state index in [0.717, 1.165) is 29.1 Å². The lowest BCUT2D eigenvalue weighted by Gasteiger charge is -2.49. The van der Waals surface area contributed by atoms with Crippen LogP contribution in [0.25, 0.3) is 11.1 Å². The van der Waals surface area contributed by atoms with Crippen LogP contribution in [0.5, 0.6) is 5.75 Å². The molecule has 140 valence electrons. The van der Waals surface area contributed by atoms with E-state index in [1.165, 1.54) is 6.20 Å². The van der Waals surface area contributed by atoms with Crippen LogP contribution in [0.1, 0.15) is 18.9 Å². The van der Waals surface area contributed by atoms with Gasteiger partial charge in [0, 0.05) is 29.5 Å². The number of hydrogen-bond donors (Lipinski definition) is 1. The van der Waals surface area contributed by atoms with Gasteiger partial charge < -0.3 is 15.2 Å². The Bertz CT molecular complexity index is 937. The average molecular weight is 385 g/mol. The molecule has 0 bridgehead atoms. The van der Waals surface area contributed by atoms with Crippen molar-refractivity contribution in [3.63, 3.8) is 0 Å². The summed E-state index contributed by atoms with van der Waals surface area (Å²) in [6.45, 7) is 2.76. The van der Waals surface area contributed by atoms with Gasteiger partial charge in [-0.1, -0.05) is 17.8 Å². The normalized spacial score (nSPS) is 31.8. The van der Waals surface area contributed by atoms with Gasteiger partial charge in [0.2, 0.25) is 5.95 Å². The molecular formula is C20H20FN3O2S. The fourth-order valence-electron chi connectivity index (χ4n) is 4.62. The molecule has 0 amide bonds. The van der Waals surface area contributed by atoms with Gasteiger partial charge in [-0.15, -0.1) is 0 Å². The number of rotatable bonds is 1. The van der Waals surface area contributed by atoms with Crippen LogP contribution >= 0.6 is 11.8 Å². The van der Waals surface area contributed by atoms with E-state index in [0.29, 0.717) is 17.3 Å². The lowest BCUT2D eigenvalue weighted by Crippen LogP contribution is -2.55. The topological polar surface area (TPSA) is 69.7 Å². The highest BCUT2D eigenvalue weighted by Crippen LogP contribution is 2.54. The first-order valence-corrected chi connectivity index (χ1v) is 10.1. The summed E-state index contributed by atoms with van der Waals surface area (Å²) in [5.74, 6) is 1.13. The zero-order valence-corrected chi connectivity index (χ0v) is 15.7. The Balaban J connectivity index is 1.70. The zero-order valence-electron chi connectivity index (χ0n) is 14.9. The molecule has 5 nitrogen and oxygen atoms in total. The van der Waals surface area contributed by atoms with Crippen LogP contribution in [0.3, 0.4) is 0 Å². The molecule has 1 fully saturated rings. The first kappa shape index (κ1) is 17.0. The standard InChI is InChI=1S/C20H20FN3O2S/c1-11-17-16(6-8-25-11)26-15-5-4-12(13-3-2-7-23-18(13)21)9-14(15)20(17)10-27-19(22)24-20/h2-5,7,9,11,16-17H,6,8,10H2,1H3,(H2,22,24)/t11-,16-,17-,20-/m0/s1. The van der Waals surface area contributed by atoms with E-state index in [1.807, 2.05) is 18.2 Å². The van der Waals surface area contributed by atoms with Gasteiger partial charge in [0.25, 0.3) is 0 Å². The highest BCUT2D eigenvalue weighted by Gasteiger charge is 2.56. The number of fused-ring (bicyclic) bond motifs is 4. The van der Waals surface area contributed by atoms with E-state index in [2.05, 4.69) is 11.9 Å². The molecule has 2 N–H and O–H groups in total. The van der Waals surface area contributed by atoms with Crippen LogP contribution in [-0.4, -0.2) is 34.7 Å².